The fourth-order valence-electron chi connectivity index (χ4n) is 4.98. The summed E-state index contributed by atoms with van der Waals surface area (Å²) < 4.78 is 40.2. The highest BCUT2D eigenvalue weighted by Crippen LogP contribution is 2.49. The van der Waals surface area contributed by atoms with Crippen LogP contribution in [-0.4, -0.2) is 29.6 Å². The van der Waals surface area contributed by atoms with Crippen molar-refractivity contribution in [3.05, 3.63) is 48.0 Å². The van der Waals surface area contributed by atoms with Crippen LogP contribution in [-0.2, 0) is 11.0 Å². The third-order valence-corrected chi connectivity index (χ3v) is 6.97. The molecule has 0 bridgehead atoms. The molecule has 0 atom stereocenters. The zero-order valence-electron chi connectivity index (χ0n) is 19.5. The zero-order valence-corrected chi connectivity index (χ0v) is 21.9. The predicted octanol–water partition coefficient (Wildman–Crippen LogP) is 6.58. The van der Waals surface area contributed by atoms with Crippen LogP contribution >= 0.6 is 36.6 Å². The van der Waals surface area contributed by atoms with Gasteiger partial charge in [0.1, 0.15) is 0 Å². The summed E-state index contributed by atoms with van der Waals surface area (Å²) in [4.78, 5) is 16.3. The normalized spacial score (nSPS) is 18.7. The van der Waals surface area contributed by atoms with Gasteiger partial charge in [-0.2, -0.15) is 13.2 Å². The van der Waals surface area contributed by atoms with Crippen molar-refractivity contribution in [1.82, 2.24) is 10.6 Å². The molecule has 188 valence electrons. The van der Waals surface area contributed by atoms with E-state index < -0.39 is 11.7 Å². The summed E-state index contributed by atoms with van der Waals surface area (Å²) in [6.07, 6.45) is -2.77. The summed E-state index contributed by atoms with van der Waals surface area (Å²) in [5, 5.41) is 6.99. The van der Waals surface area contributed by atoms with Gasteiger partial charge in [0, 0.05) is 26.9 Å². The number of alkyl halides is 3. The molecule has 2 aromatic rings. The van der Waals surface area contributed by atoms with Crippen molar-refractivity contribution in [3.63, 3.8) is 0 Å². The molecule has 0 radical (unpaired) electrons. The topological polar surface area (TPSA) is 44.4 Å². The molecule has 0 unspecified atom stereocenters. The molecule has 4 nitrogen and oxygen atoms in total. The Morgan fingerprint density at radius 1 is 1.03 bits per heavy atom. The highest BCUT2D eigenvalue weighted by molar-refractivity contribution is 7.99. The van der Waals surface area contributed by atoms with Crippen LogP contribution in [0.15, 0.2) is 52.3 Å². The van der Waals surface area contributed by atoms with Crippen LogP contribution in [0.2, 0.25) is 0 Å². The number of hydrogen-bond donors (Lipinski definition) is 2. The summed E-state index contributed by atoms with van der Waals surface area (Å²) >= 11 is 1.38. The SMILES string of the molecule is CC1(C)CC(NCC(=O)N2c3ccccc3Sc3ccc(C(F)(F)F)cc32)CC(C)(C)N1.Cl.Cl. The molecule has 1 amide bonds. The maximum absolute atomic E-state index is 13.4. The van der Waals surface area contributed by atoms with Crippen LogP contribution in [0.4, 0.5) is 24.5 Å². The quantitative estimate of drug-likeness (QED) is 0.466. The Bertz CT molecular complexity index is 1030. The molecule has 34 heavy (non-hydrogen) atoms. The molecule has 2 aliphatic heterocycles. The molecule has 0 spiro atoms. The largest absolute Gasteiger partial charge is 0.416 e. The first-order chi connectivity index (χ1) is 14.8. The Labute approximate surface area is 215 Å². The lowest BCUT2D eigenvalue weighted by atomic mass is 9.79. The van der Waals surface area contributed by atoms with Crippen molar-refractivity contribution in [2.24, 2.45) is 0 Å². The molecule has 10 heteroatoms. The molecule has 2 aromatic carbocycles. The fourth-order valence-corrected chi connectivity index (χ4v) is 6.02. The lowest BCUT2D eigenvalue weighted by Gasteiger charge is -2.46. The van der Waals surface area contributed by atoms with Crippen LogP contribution in [0.5, 0.6) is 0 Å². The maximum atomic E-state index is 13.4. The lowest BCUT2D eigenvalue weighted by Crippen LogP contribution is -2.62. The van der Waals surface area contributed by atoms with Gasteiger partial charge >= 0.3 is 6.18 Å². The zero-order chi connectivity index (χ0) is 23.3. The van der Waals surface area contributed by atoms with Crippen molar-refractivity contribution in [3.8, 4) is 0 Å². The Morgan fingerprint density at radius 3 is 2.24 bits per heavy atom. The Balaban J connectivity index is 0.00000204. The van der Waals surface area contributed by atoms with Gasteiger partial charge in [0.15, 0.2) is 0 Å². The Hall–Kier alpha value is -1.45. The van der Waals surface area contributed by atoms with Gasteiger partial charge in [-0.15, -0.1) is 24.8 Å². The smallest absolute Gasteiger partial charge is 0.307 e. The molecular formula is C24H30Cl2F3N3OS. The number of nitrogens with zero attached hydrogens (tertiary/aromatic N) is 1. The predicted molar refractivity (Wildman–Crippen MR) is 136 cm³/mol. The molecular weight excluding hydrogens is 506 g/mol. The number of para-hydroxylation sites is 1. The van der Waals surface area contributed by atoms with Crippen LogP contribution in [0.3, 0.4) is 0 Å². The van der Waals surface area contributed by atoms with Gasteiger partial charge in [-0.1, -0.05) is 23.9 Å². The lowest BCUT2D eigenvalue weighted by molar-refractivity contribution is -0.137. The van der Waals surface area contributed by atoms with Gasteiger partial charge in [-0.05, 0) is 70.9 Å². The molecule has 1 saturated heterocycles. The van der Waals surface area contributed by atoms with Gasteiger partial charge < -0.3 is 10.6 Å². The van der Waals surface area contributed by atoms with Crippen LogP contribution < -0.4 is 15.5 Å². The highest BCUT2D eigenvalue weighted by atomic mass is 35.5. The van der Waals surface area contributed by atoms with Gasteiger partial charge in [0.2, 0.25) is 5.91 Å². The number of nitrogens with one attached hydrogen (secondary N) is 2. The summed E-state index contributed by atoms with van der Waals surface area (Å²) in [5.74, 6) is -0.271. The van der Waals surface area contributed by atoms with Gasteiger partial charge in [0.25, 0.3) is 0 Å². The number of fused-ring (bicyclic) bond motifs is 2. The van der Waals surface area contributed by atoms with E-state index in [1.54, 1.807) is 12.1 Å². The number of halogens is 5. The minimum Gasteiger partial charge on any atom is -0.307 e. The first-order valence-electron chi connectivity index (χ1n) is 10.7. The number of carbonyl (C=O) groups excluding carboxylic acids is 1. The molecule has 2 heterocycles. The Morgan fingerprint density at radius 2 is 1.62 bits per heavy atom. The summed E-state index contributed by atoms with van der Waals surface area (Å²) in [7, 11) is 0. The monoisotopic (exact) mass is 535 g/mol. The van der Waals surface area contributed by atoms with Crippen molar-refractivity contribution in [2.75, 3.05) is 11.4 Å². The van der Waals surface area contributed by atoms with E-state index in [1.165, 1.54) is 22.7 Å². The van der Waals surface area contributed by atoms with Gasteiger partial charge in [-0.3, -0.25) is 9.69 Å². The molecule has 2 N–H and O–H groups in total. The number of amides is 1. The molecule has 2 aliphatic rings. The van der Waals surface area contributed by atoms with Gasteiger partial charge in [0.05, 0.1) is 23.5 Å². The van der Waals surface area contributed by atoms with Crippen molar-refractivity contribution >= 4 is 53.9 Å². The molecule has 0 saturated carbocycles. The van der Waals surface area contributed by atoms with Gasteiger partial charge in [-0.25, -0.2) is 0 Å². The van der Waals surface area contributed by atoms with E-state index in [4.69, 9.17) is 0 Å². The summed E-state index contributed by atoms with van der Waals surface area (Å²) in [6.45, 7) is 8.59. The number of anilines is 2. The number of carbonyl (C=O) groups is 1. The number of piperidine rings is 1. The molecule has 1 fully saturated rings. The maximum Gasteiger partial charge on any atom is 0.416 e. The van der Waals surface area contributed by atoms with Crippen molar-refractivity contribution in [2.45, 2.75) is 73.6 Å². The van der Waals surface area contributed by atoms with Crippen LogP contribution in [0.25, 0.3) is 0 Å². The highest BCUT2D eigenvalue weighted by Gasteiger charge is 2.38. The number of benzene rings is 2. The van der Waals surface area contributed by atoms with E-state index in [0.29, 0.717) is 10.6 Å². The van der Waals surface area contributed by atoms with E-state index in [2.05, 4.69) is 38.3 Å². The minimum absolute atomic E-state index is 0. The third kappa shape index (κ3) is 6.21. The summed E-state index contributed by atoms with van der Waals surface area (Å²) in [6, 6.07) is 11.0. The average molecular weight is 536 g/mol. The van der Waals surface area contributed by atoms with E-state index >= 15 is 0 Å². The second-order valence-electron chi connectivity index (χ2n) is 9.86. The third-order valence-electron chi connectivity index (χ3n) is 5.83. The fraction of sp³-hybridized carbons (Fsp3) is 0.458. The van der Waals surface area contributed by atoms with Crippen LogP contribution in [0, 0.1) is 0 Å². The first-order valence-corrected chi connectivity index (χ1v) is 11.5. The minimum atomic E-state index is -4.48. The Kier molecular flexibility index (Phi) is 8.69. The second kappa shape index (κ2) is 10.3. The van der Waals surface area contributed by atoms with E-state index in [1.807, 2.05) is 12.1 Å². The molecule has 0 aliphatic carbocycles. The summed E-state index contributed by atoms with van der Waals surface area (Å²) in [5.41, 5.74) is -0.0250. The van der Waals surface area contributed by atoms with E-state index in [9.17, 15) is 18.0 Å². The van der Waals surface area contributed by atoms with Crippen molar-refractivity contribution < 1.29 is 18.0 Å². The second-order valence-corrected chi connectivity index (χ2v) is 10.9. The number of hydrogen-bond acceptors (Lipinski definition) is 4. The first kappa shape index (κ1) is 28.8. The average Bonchev–Trinajstić information content (AvgIpc) is 2.66. The molecule has 4 rings (SSSR count). The number of rotatable bonds is 3. The van der Waals surface area contributed by atoms with E-state index in [0.717, 1.165) is 29.9 Å². The standard InChI is InChI=1S/C24H28F3N3OS.2ClH/c1-22(2)12-16(13-23(3,4)29-22)28-14-21(31)30-17-7-5-6-8-19(17)32-20-10-9-15(11-18(20)30)24(25,26)27;;/h5-11,16,28-29H,12-14H2,1-4H3;2*1H. The van der Waals surface area contributed by atoms with Crippen molar-refractivity contribution in [1.29, 1.82) is 0 Å². The molecule has 0 aromatic heterocycles. The van der Waals surface area contributed by atoms with E-state index in [-0.39, 0.29) is 60.1 Å². The van der Waals surface area contributed by atoms with Crippen LogP contribution in [0.1, 0.15) is 46.1 Å².